The van der Waals surface area contributed by atoms with Crippen molar-refractivity contribution in [1.82, 2.24) is 10.6 Å². The first-order valence-electron chi connectivity index (χ1n) is 9.23. The van der Waals surface area contributed by atoms with Crippen LogP contribution < -0.4 is 15.5 Å². The van der Waals surface area contributed by atoms with E-state index in [0.717, 1.165) is 31.9 Å². The normalized spacial score (nSPS) is 17.1. The van der Waals surface area contributed by atoms with Crippen LogP contribution in [0.1, 0.15) is 23.4 Å². The van der Waals surface area contributed by atoms with Crippen LogP contribution in [0, 0.1) is 0 Å². The molecule has 1 aromatic heterocycles. The summed E-state index contributed by atoms with van der Waals surface area (Å²) in [6, 6.07) is 13.6. The standard InChI is InChI=1S/C20H25N3O3S/c1-15(18(17-8-5-13-27-17)23-9-11-26-12-10-23)22-20(25)19(24)21-14-16-6-3-2-4-7-16/h2-8,13,15,18H,9-12,14H2,1H3,(H,21,24)(H,22,25)/p+1/t15-,18+/m0/s1. The van der Waals surface area contributed by atoms with Gasteiger partial charge in [-0.25, -0.2) is 0 Å². The lowest BCUT2D eigenvalue weighted by Gasteiger charge is -2.34. The molecule has 1 aliphatic heterocycles. The number of thiophene rings is 1. The van der Waals surface area contributed by atoms with E-state index in [-0.39, 0.29) is 12.1 Å². The minimum Gasteiger partial charge on any atom is -0.370 e. The molecule has 144 valence electrons. The lowest BCUT2D eigenvalue weighted by atomic mass is 10.1. The van der Waals surface area contributed by atoms with Gasteiger partial charge in [0.15, 0.2) is 0 Å². The van der Waals surface area contributed by atoms with Gasteiger partial charge in [-0.05, 0) is 23.9 Å². The summed E-state index contributed by atoms with van der Waals surface area (Å²) in [6.45, 7) is 5.52. The highest BCUT2D eigenvalue weighted by Gasteiger charge is 2.33. The number of carbonyl (C=O) groups excluding carboxylic acids is 2. The van der Waals surface area contributed by atoms with E-state index >= 15 is 0 Å². The summed E-state index contributed by atoms with van der Waals surface area (Å²) in [7, 11) is 0. The van der Waals surface area contributed by atoms with Crippen LogP contribution in [0.2, 0.25) is 0 Å². The summed E-state index contributed by atoms with van der Waals surface area (Å²) in [6.07, 6.45) is 0. The number of benzene rings is 1. The molecule has 1 fully saturated rings. The first kappa shape index (κ1) is 19.5. The van der Waals surface area contributed by atoms with Crippen molar-refractivity contribution in [3.63, 3.8) is 0 Å². The number of morpholine rings is 1. The van der Waals surface area contributed by atoms with Gasteiger partial charge in [-0.15, -0.1) is 11.3 Å². The van der Waals surface area contributed by atoms with Crippen LogP contribution in [-0.2, 0) is 20.9 Å². The van der Waals surface area contributed by atoms with E-state index in [1.54, 1.807) is 11.3 Å². The molecule has 1 saturated heterocycles. The highest BCUT2D eigenvalue weighted by atomic mass is 32.1. The molecule has 2 amide bonds. The van der Waals surface area contributed by atoms with E-state index in [2.05, 4.69) is 16.7 Å². The molecule has 0 unspecified atom stereocenters. The number of rotatable bonds is 6. The van der Waals surface area contributed by atoms with Crippen molar-refractivity contribution in [3.8, 4) is 0 Å². The van der Waals surface area contributed by atoms with E-state index in [4.69, 9.17) is 4.74 Å². The third-order valence-corrected chi connectivity index (χ3v) is 5.74. The van der Waals surface area contributed by atoms with Crippen LogP contribution in [0.5, 0.6) is 0 Å². The highest BCUT2D eigenvalue weighted by molar-refractivity contribution is 7.10. The zero-order valence-electron chi connectivity index (χ0n) is 15.4. The lowest BCUT2D eigenvalue weighted by Crippen LogP contribution is -3.15. The van der Waals surface area contributed by atoms with Gasteiger partial charge in [0.05, 0.1) is 24.1 Å². The van der Waals surface area contributed by atoms with Crippen molar-refractivity contribution in [1.29, 1.82) is 0 Å². The van der Waals surface area contributed by atoms with Crippen LogP contribution in [-0.4, -0.2) is 44.2 Å². The van der Waals surface area contributed by atoms with Gasteiger partial charge >= 0.3 is 11.8 Å². The summed E-state index contributed by atoms with van der Waals surface area (Å²) in [4.78, 5) is 27.2. The second-order valence-electron chi connectivity index (χ2n) is 6.69. The van der Waals surface area contributed by atoms with Gasteiger partial charge in [0.2, 0.25) is 0 Å². The van der Waals surface area contributed by atoms with E-state index < -0.39 is 11.8 Å². The summed E-state index contributed by atoms with van der Waals surface area (Å²) >= 11 is 1.68. The van der Waals surface area contributed by atoms with Crippen LogP contribution in [0.25, 0.3) is 0 Å². The molecule has 1 aromatic carbocycles. The molecule has 3 N–H and O–H groups in total. The SMILES string of the molecule is C[C@H](NC(=O)C(=O)NCc1ccccc1)[C@H](c1cccs1)[NH+]1CCOCC1. The van der Waals surface area contributed by atoms with E-state index in [1.165, 1.54) is 9.78 Å². The molecule has 6 nitrogen and oxygen atoms in total. The van der Waals surface area contributed by atoms with E-state index in [1.807, 2.05) is 48.7 Å². The molecule has 0 bridgehead atoms. The molecule has 0 saturated carbocycles. The predicted molar refractivity (Wildman–Crippen MR) is 104 cm³/mol. The van der Waals surface area contributed by atoms with Gasteiger partial charge in [0.1, 0.15) is 19.1 Å². The van der Waals surface area contributed by atoms with Gasteiger partial charge in [0, 0.05) is 6.54 Å². The molecule has 0 radical (unpaired) electrons. The van der Waals surface area contributed by atoms with E-state index in [0.29, 0.717) is 6.54 Å². The molecule has 3 rings (SSSR count). The summed E-state index contributed by atoms with van der Waals surface area (Å²) in [5.41, 5.74) is 0.959. The molecular weight excluding hydrogens is 362 g/mol. The van der Waals surface area contributed by atoms with Crippen LogP contribution >= 0.6 is 11.3 Å². The molecular formula is C20H26N3O3S+. The second kappa shape index (κ2) is 9.64. The Morgan fingerprint density at radius 2 is 1.85 bits per heavy atom. The Hall–Kier alpha value is -2.22. The smallest absolute Gasteiger partial charge is 0.309 e. The maximum atomic E-state index is 12.4. The molecule has 1 aliphatic rings. The molecule has 0 spiro atoms. The lowest BCUT2D eigenvalue weighted by molar-refractivity contribution is -0.939. The fraction of sp³-hybridized carbons (Fsp3) is 0.400. The molecule has 2 aromatic rings. The summed E-state index contributed by atoms with van der Waals surface area (Å²) in [5.74, 6) is -1.19. The molecule has 2 heterocycles. The van der Waals surface area contributed by atoms with Crippen LogP contribution in [0.15, 0.2) is 47.8 Å². The van der Waals surface area contributed by atoms with Crippen LogP contribution in [0.4, 0.5) is 0 Å². The van der Waals surface area contributed by atoms with Gasteiger partial charge in [-0.3, -0.25) is 9.59 Å². The maximum absolute atomic E-state index is 12.4. The third kappa shape index (κ3) is 5.38. The topological polar surface area (TPSA) is 71.9 Å². The first-order chi connectivity index (χ1) is 13.1. The van der Waals surface area contributed by atoms with Gasteiger partial charge in [-0.2, -0.15) is 0 Å². The highest BCUT2D eigenvalue weighted by Crippen LogP contribution is 2.20. The Kier molecular flexibility index (Phi) is 6.98. The third-order valence-electron chi connectivity index (χ3n) is 4.79. The Bertz CT molecular complexity index is 730. The number of nitrogens with one attached hydrogen (secondary N) is 3. The maximum Gasteiger partial charge on any atom is 0.309 e. The summed E-state index contributed by atoms with van der Waals surface area (Å²) in [5, 5.41) is 7.62. The summed E-state index contributed by atoms with van der Waals surface area (Å²) < 4.78 is 5.47. The largest absolute Gasteiger partial charge is 0.370 e. The molecule has 0 aliphatic carbocycles. The minimum atomic E-state index is -0.604. The van der Waals surface area contributed by atoms with E-state index in [9.17, 15) is 9.59 Å². The van der Waals surface area contributed by atoms with Gasteiger partial charge in [0.25, 0.3) is 0 Å². The number of quaternary nitrogens is 1. The Balaban J connectivity index is 1.59. The predicted octanol–water partition coefficient (Wildman–Crippen LogP) is 0.525. The molecule has 27 heavy (non-hydrogen) atoms. The van der Waals surface area contributed by atoms with Crippen molar-refractivity contribution in [2.45, 2.75) is 25.6 Å². The van der Waals surface area contributed by atoms with Gasteiger partial charge < -0.3 is 20.3 Å². The molecule has 7 heteroatoms. The van der Waals surface area contributed by atoms with Crippen molar-refractivity contribution in [2.75, 3.05) is 26.3 Å². The zero-order valence-corrected chi connectivity index (χ0v) is 16.3. The van der Waals surface area contributed by atoms with Crippen molar-refractivity contribution < 1.29 is 19.2 Å². The van der Waals surface area contributed by atoms with Crippen LogP contribution in [0.3, 0.4) is 0 Å². The zero-order chi connectivity index (χ0) is 19.1. The fourth-order valence-corrected chi connectivity index (χ4v) is 4.42. The minimum absolute atomic E-state index is 0.111. The number of hydrogen-bond acceptors (Lipinski definition) is 4. The molecule has 2 atom stereocenters. The fourth-order valence-electron chi connectivity index (χ4n) is 3.43. The average molecular weight is 389 g/mol. The van der Waals surface area contributed by atoms with Crippen molar-refractivity contribution in [3.05, 3.63) is 58.3 Å². The number of amides is 2. The Morgan fingerprint density at radius 3 is 2.52 bits per heavy atom. The van der Waals surface area contributed by atoms with Crippen molar-refractivity contribution >= 4 is 23.2 Å². The van der Waals surface area contributed by atoms with Crippen molar-refractivity contribution in [2.24, 2.45) is 0 Å². The van der Waals surface area contributed by atoms with Gasteiger partial charge in [-0.1, -0.05) is 36.4 Å². The Labute approximate surface area is 163 Å². The monoisotopic (exact) mass is 388 g/mol. The number of carbonyl (C=O) groups is 2. The average Bonchev–Trinajstić information content (AvgIpc) is 3.22. The number of ether oxygens (including phenoxy) is 1. The first-order valence-corrected chi connectivity index (χ1v) is 10.1. The second-order valence-corrected chi connectivity index (χ2v) is 7.67. The quantitative estimate of drug-likeness (QED) is 0.632. The Morgan fingerprint density at radius 1 is 1.11 bits per heavy atom. The number of hydrogen-bond donors (Lipinski definition) is 3.